The Morgan fingerprint density at radius 1 is 0.741 bits per heavy atom. The molecule has 0 saturated heterocycles. The van der Waals surface area contributed by atoms with E-state index < -0.39 is 6.08 Å². The number of hydrogen-bond acceptors (Lipinski definition) is 1. The summed E-state index contributed by atoms with van der Waals surface area (Å²) in [5, 5.41) is 0. The highest BCUT2D eigenvalue weighted by Crippen LogP contribution is 2.45. The first-order chi connectivity index (χ1) is 13.2. The second-order valence-electron chi connectivity index (χ2n) is 9.57. The number of unbranched alkanes of at least 4 members (excludes halogenated alkanes) is 1. The molecule has 3 saturated carbocycles. The van der Waals surface area contributed by atoms with Crippen molar-refractivity contribution in [1.29, 1.82) is 0 Å². The van der Waals surface area contributed by atoms with Gasteiger partial charge in [0.25, 0.3) is 6.08 Å². The summed E-state index contributed by atoms with van der Waals surface area (Å²) in [6.07, 6.45) is 17.9. The summed E-state index contributed by atoms with van der Waals surface area (Å²) < 4.78 is 30.9. The minimum Gasteiger partial charge on any atom is -0.378 e. The lowest BCUT2D eigenvalue weighted by molar-refractivity contribution is 0.00436. The molecule has 27 heavy (non-hydrogen) atoms. The number of rotatable bonds is 7. The van der Waals surface area contributed by atoms with Crippen LogP contribution < -0.4 is 0 Å². The lowest BCUT2D eigenvalue weighted by Gasteiger charge is -2.41. The topological polar surface area (TPSA) is 9.23 Å². The molecule has 0 unspecified atom stereocenters. The smallest absolute Gasteiger partial charge is 0.266 e. The molecule has 0 aliphatic heterocycles. The van der Waals surface area contributed by atoms with Gasteiger partial charge in [-0.05, 0) is 119 Å². The first-order valence-corrected chi connectivity index (χ1v) is 11.8. The predicted molar refractivity (Wildman–Crippen MR) is 108 cm³/mol. The Kier molecular flexibility index (Phi) is 8.61. The molecule has 3 aliphatic rings. The molecule has 0 spiro atoms. The molecule has 0 amide bonds. The Morgan fingerprint density at radius 3 is 1.63 bits per heavy atom. The third-order valence-corrected chi connectivity index (χ3v) is 7.90. The minimum atomic E-state index is -1.48. The highest BCUT2D eigenvalue weighted by molar-refractivity contribution is 4.92. The van der Waals surface area contributed by atoms with Gasteiger partial charge in [0.05, 0.1) is 6.10 Å². The lowest BCUT2D eigenvalue weighted by atomic mass is 9.65. The molecule has 3 aliphatic carbocycles. The normalized spacial score (nSPS) is 37.7. The molecule has 1 nitrogen and oxygen atoms in total. The zero-order chi connectivity index (χ0) is 19.1. The maximum absolute atomic E-state index is 12.4. The quantitative estimate of drug-likeness (QED) is 0.409. The summed E-state index contributed by atoms with van der Waals surface area (Å²) in [5.74, 6) is 3.69. The van der Waals surface area contributed by atoms with E-state index in [-0.39, 0.29) is 5.92 Å². The summed E-state index contributed by atoms with van der Waals surface area (Å²) in [6.45, 7) is 3.18. The van der Waals surface area contributed by atoms with Crippen molar-refractivity contribution < 1.29 is 13.5 Å². The molecule has 0 bridgehead atoms. The van der Waals surface area contributed by atoms with Crippen LogP contribution >= 0.6 is 0 Å². The Bertz CT molecular complexity index is 435. The first kappa shape index (κ1) is 21.3. The molecule has 0 N–H and O–H groups in total. The van der Waals surface area contributed by atoms with Crippen LogP contribution in [0.15, 0.2) is 12.2 Å². The molecule has 156 valence electrons. The molecule has 0 atom stereocenters. The fourth-order valence-corrected chi connectivity index (χ4v) is 6.17. The number of allylic oxidation sites excluding steroid dienone is 1. The maximum Gasteiger partial charge on any atom is 0.266 e. The summed E-state index contributed by atoms with van der Waals surface area (Å²) in [4.78, 5) is 0. The van der Waals surface area contributed by atoms with Crippen molar-refractivity contribution in [2.75, 3.05) is 6.61 Å². The van der Waals surface area contributed by atoms with Crippen LogP contribution in [0.1, 0.15) is 96.8 Å². The van der Waals surface area contributed by atoms with Crippen molar-refractivity contribution in [3.05, 3.63) is 12.2 Å². The largest absolute Gasteiger partial charge is 0.378 e. The standard InChI is InChI=1S/C24H40F2O/c1-2-3-16-27-23-14-12-22(13-15-23)21-10-8-20(9-11-21)19-6-4-18(5-7-19)17-24(25)26/h17-23H,2-16H2,1H3. The molecule has 0 radical (unpaired) electrons. The van der Waals surface area contributed by atoms with Crippen LogP contribution in [0.2, 0.25) is 0 Å². The fraction of sp³-hybridized carbons (Fsp3) is 0.917. The van der Waals surface area contributed by atoms with Crippen molar-refractivity contribution in [2.24, 2.45) is 29.6 Å². The monoisotopic (exact) mass is 382 g/mol. The first-order valence-electron chi connectivity index (χ1n) is 11.8. The fourth-order valence-electron chi connectivity index (χ4n) is 6.17. The molecular formula is C24H40F2O. The van der Waals surface area contributed by atoms with Gasteiger partial charge in [0, 0.05) is 6.61 Å². The number of halogens is 2. The van der Waals surface area contributed by atoms with E-state index in [1.54, 1.807) is 0 Å². The molecule has 0 aromatic carbocycles. The Hall–Kier alpha value is -0.440. The second-order valence-corrected chi connectivity index (χ2v) is 9.57. The Labute approximate surface area is 165 Å². The van der Waals surface area contributed by atoms with E-state index in [1.807, 2.05) is 0 Å². The molecule has 0 heterocycles. The highest BCUT2D eigenvalue weighted by Gasteiger charge is 2.34. The second kappa shape index (κ2) is 10.9. The van der Waals surface area contributed by atoms with Gasteiger partial charge in [-0.3, -0.25) is 0 Å². The Morgan fingerprint density at radius 2 is 1.19 bits per heavy atom. The third-order valence-electron chi connectivity index (χ3n) is 7.90. The zero-order valence-corrected chi connectivity index (χ0v) is 17.3. The van der Waals surface area contributed by atoms with E-state index in [4.69, 9.17) is 4.74 Å². The molecule has 3 fully saturated rings. The van der Waals surface area contributed by atoms with Crippen LogP contribution in [0.25, 0.3) is 0 Å². The molecule has 3 rings (SSSR count). The van der Waals surface area contributed by atoms with E-state index in [0.717, 1.165) is 43.1 Å². The Balaban J connectivity index is 1.33. The van der Waals surface area contributed by atoms with E-state index in [0.29, 0.717) is 6.10 Å². The van der Waals surface area contributed by atoms with Gasteiger partial charge < -0.3 is 4.74 Å². The van der Waals surface area contributed by atoms with Crippen LogP contribution in [0.3, 0.4) is 0 Å². The van der Waals surface area contributed by atoms with Crippen LogP contribution in [0.5, 0.6) is 0 Å². The van der Waals surface area contributed by atoms with E-state index in [2.05, 4.69) is 6.92 Å². The average molecular weight is 383 g/mol. The zero-order valence-electron chi connectivity index (χ0n) is 17.3. The molecular weight excluding hydrogens is 342 g/mol. The van der Waals surface area contributed by atoms with Crippen LogP contribution in [-0.4, -0.2) is 12.7 Å². The highest BCUT2D eigenvalue weighted by atomic mass is 19.3. The number of ether oxygens (including phenoxy) is 1. The third kappa shape index (κ3) is 6.54. The van der Waals surface area contributed by atoms with Gasteiger partial charge in [-0.2, -0.15) is 8.78 Å². The summed E-state index contributed by atoms with van der Waals surface area (Å²) in [6, 6.07) is 0. The van der Waals surface area contributed by atoms with Gasteiger partial charge in [0.2, 0.25) is 0 Å². The van der Waals surface area contributed by atoms with Crippen molar-refractivity contribution in [3.63, 3.8) is 0 Å². The summed E-state index contributed by atoms with van der Waals surface area (Å²) >= 11 is 0. The molecule has 0 aromatic heterocycles. The van der Waals surface area contributed by atoms with Crippen molar-refractivity contribution >= 4 is 0 Å². The summed E-state index contributed by atoms with van der Waals surface area (Å²) in [7, 11) is 0. The van der Waals surface area contributed by atoms with Gasteiger partial charge in [0.15, 0.2) is 0 Å². The van der Waals surface area contributed by atoms with Crippen LogP contribution in [0.4, 0.5) is 8.78 Å². The van der Waals surface area contributed by atoms with Gasteiger partial charge in [-0.15, -0.1) is 0 Å². The summed E-state index contributed by atoms with van der Waals surface area (Å²) in [5.41, 5.74) is 0. The van der Waals surface area contributed by atoms with Gasteiger partial charge >= 0.3 is 0 Å². The van der Waals surface area contributed by atoms with Gasteiger partial charge in [-0.25, -0.2) is 0 Å². The van der Waals surface area contributed by atoms with Gasteiger partial charge in [-0.1, -0.05) is 13.3 Å². The number of hydrogen-bond donors (Lipinski definition) is 0. The van der Waals surface area contributed by atoms with Crippen LogP contribution in [0, 0.1) is 29.6 Å². The van der Waals surface area contributed by atoms with Gasteiger partial charge in [0.1, 0.15) is 0 Å². The van der Waals surface area contributed by atoms with Crippen molar-refractivity contribution in [3.8, 4) is 0 Å². The lowest BCUT2D eigenvalue weighted by Crippen LogP contribution is -2.31. The van der Waals surface area contributed by atoms with Crippen molar-refractivity contribution in [2.45, 2.75) is 103 Å². The maximum atomic E-state index is 12.4. The van der Waals surface area contributed by atoms with E-state index >= 15 is 0 Å². The molecule has 0 aromatic rings. The van der Waals surface area contributed by atoms with Crippen LogP contribution in [-0.2, 0) is 4.74 Å². The molecule has 3 heteroatoms. The van der Waals surface area contributed by atoms with Crippen molar-refractivity contribution in [1.82, 2.24) is 0 Å². The van der Waals surface area contributed by atoms with E-state index in [1.165, 1.54) is 83.1 Å². The van der Waals surface area contributed by atoms with E-state index in [9.17, 15) is 8.78 Å². The average Bonchev–Trinajstić information content (AvgIpc) is 2.69. The minimum absolute atomic E-state index is 0.136. The predicted octanol–water partition coefficient (Wildman–Crippen LogP) is 7.76. The SMILES string of the molecule is CCCCOC1CCC(C2CCC(C3CCC(C=C(F)F)CC3)CC2)CC1.